The Bertz CT molecular complexity index is 638. The van der Waals surface area contributed by atoms with E-state index in [1.54, 1.807) is 0 Å². The van der Waals surface area contributed by atoms with Crippen molar-refractivity contribution in [3.05, 3.63) is 60.6 Å². The van der Waals surface area contributed by atoms with Crippen LogP contribution in [0, 0.1) is 13.0 Å². The van der Waals surface area contributed by atoms with Crippen LogP contribution in [0.2, 0.25) is 0 Å². The van der Waals surface area contributed by atoms with E-state index < -0.39 is 0 Å². The minimum atomic E-state index is 1.03. The van der Waals surface area contributed by atoms with Crippen LogP contribution in [0.15, 0.2) is 48.8 Å². The Morgan fingerprint density at radius 3 is 3.06 bits per heavy atom. The molecule has 0 amide bonds. The van der Waals surface area contributed by atoms with Crippen LogP contribution in [0.1, 0.15) is 5.69 Å². The Kier molecular flexibility index (Phi) is 2.00. The zero-order valence-electron chi connectivity index (χ0n) is 9.01. The lowest BCUT2D eigenvalue weighted by molar-refractivity contribution is 1.09. The van der Waals surface area contributed by atoms with Gasteiger partial charge in [0.05, 0.1) is 5.52 Å². The van der Waals surface area contributed by atoms with Gasteiger partial charge in [0.1, 0.15) is 0 Å². The number of pyridine rings is 1. The van der Waals surface area contributed by atoms with Gasteiger partial charge in [-0.1, -0.05) is 6.07 Å². The van der Waals surface area contributed by atoms with Crippen molar-refractivity contribution >= 4 is 10.9 Å². The topological polar surface area (TPSA) is 17.8 Å². The van der Waals surface area contributed by atoms with Gasteiger partial charge in [-0.2, -0.15) is 0 Å². The highest BCUT2D eigenvalue weighted by Gasteiger charge is 2.02. The second-order valence-electron chi connectivity index (χ2n) is 3.83. The number of rotatable bonds is 1. The number of hydrogen-bond donors (Lipinski definition) is 0. The summed E-state index contributed by atoms with van der Waals surface area (Å²) in [5.41, 5.74) is 3.37. The third-order valence-corrected chi connectivity index (χ3v) is 2.69. The Hall–Kier alpha value is -2.09. The molecule has 0 saturated carbocycles. The predicted octanol–water partition coefficient (Wildman–Crippen LogP) is 3.13. The van der Waals surface area contributed by atoms with Gasteiger partial charge in [-0.15, -0.1) is 0 Å². The third kappa shape index (κ3) is 1.39. The molecule has 16 heavy (non-hydrogen) atoms. The molecule has 3 aromatic rings. The average Bonchev–Trinajstić information content (AvgIpc) is 2.72. The second-order valence-corrected chi connectivity index (χ2v) is 3.83. The lowest BCUT2D eigenvalue weighted by atomic mass is 10.2. The van der Waals surface area contributed by atoms with Crippen LogP contribution in [-0.2, 0) is 0 Å². The van der Waals surface area contributed by atoms with Crippen molar-refractivity contribution in [2.45, 2.75) is 6.92 Å². The van der Waals surface area contributed by atoms with Crippen LogP contribution < -0.4 is 0 Å². The molecule has 2 aromatic heterocycles. The molecule has 0 saturated heterocycles. The van der Waals surface area contributed by atoms with E-state index >= 15 is 0 Å². The molecule has 0 bridgehead atoms. The Morgan fingerprint density at radius 1 is 1.25 bits per heavy atom. The summed E-state index contributed by atoms with van der Waals surface area (Å²) in [5, 5.41) is 1.21. The van der Waals surface area contributed by atoms with Crippen LogP contribution in [0.25, 0.3) is 16.6 Å². The molecular weight excluding hydrogens is 196 g/mol. The maximum Gasteiger partial charge on any atom is 0.0528 e. The number of benzene rings is 1. The number of hydrogen-bond acceptors (Lipinski definition) is 1. The molecule has 0 aliphatic carbocycles. The Labute approximate surface area is 94.2 Å². The van der Waals surface area contributed by atoms with Gasteiger partial charge < -0.3 is 4.57 Å². The van der Waals surface area contributed by atoms with Crippen LogP contribution in [0.4, 0.5) is 0 Å². The molecule has 2 heterocycles. The molecular formula is C14H11N2. The number of fused-ring (bicyclic) bond motifs is 1. The van der Waals surface area contributed by atoms with Crippen molar-refractivity contribution in [1.29, 1.82) is 0 Å². The average molecular weight is 207 g/mol. The van der Waals surface area contributed by atoms with E-state index in [1.165, 1.54) is 10.9 Å². The van der Waals surface area contributed by atoms with Crippen molar-refractivity contribution in [2.24, 2.45) is 0 Å². The Morgan fingerprint density at radius 2 is 2.19 bits per heavy atom. The quantitative estimate of drug-likeness (QED) is 0.599. The molecule has 1 radical (unpaired) electrons. The lowest BCUT2D eigenvalue weighted by Crippen LogP contribution is -1.93. The fourth-order valence-electron chi connectivity index (χ4n) is 1.93. The summed E-state index contributed by atoms with van der Waals surface area (Å²) in [7, 11) is 0. The molecule has 2 heteroatoms. The molecule has 77 valence electrons. The van der Waals surface area contributed by atoms with E-state index in [9.17, 15) is 0 Å². The van der Waals surface area contributed by atoms with E-state index in [0.717, 1.165) is 11.4 Å². The van der Waals surface area contributed by atoms with Gasteiger partial charge >= 0.3 is 0 Å². The molecule has 0 aliphatic rings. The normalized spacial score (nSPS) is 10.8. The number of aromatic nitrogens is 2. The maximum absolute atomic E-state index is 4.21. The first-order valence-corrected chi connectivity index (χ1v) is 5.25. The summed E-state index contributed by atoms with van der Waals surface area (Å²) in [4.78, 5) is 4.21. The smallest absolute Gasteiger partial charge is 0.0528 e. The van der Waals surface area contributed by atoms with Crippen molar-refractivity contribution in [3.8, 4) is 5.69 Å². The summed E-state index contributed by atoms with van der Waals surface area (Å²) in [6.07, 6.45) is 3.92. The van der Waals surface area contributed by atoms with Crippen LogP contribution in [0.5, 0.6) is 0 Å². The third-order valence-electron chi connectivity index (χ3n) is 2.69. The molecule has 0 N–H and O–H groups in total. The monoisotopic (exact) mass is 207 g/mol. The molecule has 0 spiro atoms. The van der Waals surface area contributed by atoms with E-state index in [2.05, 4.69) is 40.0 Å². The van der Waals surface area contributed by atoms with Gasteiger partial charge in [0.25, 0.3) is 0 Å². The highest BCUT2D eigenvalue weighted by Crippen LogP contribution is 2.19. The molecule has 2 nitrogen and oxygen atoms in total. The van der Waals surface area contributed by atoms with Crippen molar-refractivity contribution in [3.63, 3.8) is 0 Å². The zero-order chi connectivity index (χ0) is 11.0. The minimum absolute atomic E-state index is 1.03. The second kappa shape index (κ2) is 3.49. The summed E-state index contributed by atoms with van der Waals surface area (Å²) in [6.45, 7) is 2.00. The lowest BCUT2D eigenvalue weighted by Gasteiger charge is -2.05. The summed E-state index contributed by atoms with van der Waals surface area (Å²) >= 11 is 0. The first-order chi connectivity index (χ1) is 7.84. The highest BCUT2D eigenvalue weighted by molar-refractivity contribution is 5.81. The largest absolute Gasteiger partial charge is 0.316 e. The van der Waals surface area contributed by atoms with Crippen LogP contribution >= 0.6 is 0 Å². The molecule has 0 fully saturated rings. The Balaban J connectivity index is 2.26. The van der Waals surface area contributed by atoms with Gasteiger partial charge in [-0.05, 0) is 43.3 Å². The van der Waals surface area contributed by atoms with Crippen molar-refractivity contribution in [2.75, 3.05) is 0 Å². The van der Waals surface area contributed by atoms with Crippen molar-refractivity contribution in [1.82, 2.24) is 9.55 Å². The fraction of sp³-hybridized carbons (Fsp3) is 0.0714. The van der Waals surface area contributed by atoms with Gasteiger partial charge in [0, 0.05) is 29.2 Å². The minimum Gasteiger partial charge on any atom is -0.316 e. The predicted molar refractivity (Wildman–Crippen MR) is 64.6 cm³/mol. The SMILES string of the molecule is Cc1cc(-n2ccc3c[c]ccc32)ccn1. The summed E-state index contributed by atoms with van der Waals surface area (Å²) in [5.74, 6) is 0. The standard InChI is InChI=1S/C14H11N2/c1-11-10-13(6-8-15-11)16-9-7-12-4-2-3-5-14(12)16/h3-10H,1H3. The summed E-state index contributed by atoms with van der Waals surface area (Å²) in [6, 6.07) is 15.3. The van der Waals surface area contributed by atoms with Gasteiger partial charge in [0.2, 0.25) is 0 Å². The number of nitrogens with zero attached hydrogens (tertiary/aromatic N) is 2. The first-order valence-electron chi connectivity index (χ1n) is 5.25. The fourth-order valence-corrected chi connectivity index (χ4v) is 1.93. The summed E-state index contributed by atoms with van der Waals surface area (Å²) < 4.78 is 2.16. The van der Waals surface area contributed by atoms with Crippen LogP contribution in [-0.4, -0.2) is 9.55 Å². The molecule has 0 atom stereocenters. The molecule has 3 rings (SSSR count). The maximum atomic E-state index is 4.21. The van der Waals surface area contributed by atoms with E-state index in [0.29, 0.717) is 0 Å². The van der Waals surface area contributed by atoms with Gasteiger partial charge in [-0.25, -0.2) is 0 Å². The van der Waals surface area contributed by atoms with Crippen molar-refractivity contribution < 1.29 is 0 Å². The zero-order valence-corrected chi connectivity index (χ0v) is 9.01. The molecule has 0 aliphatic heterocycles. The number of aryl methyl sites for hydroxylation is 1. The van der Waals surface area contributed by atoms with E-state index in [4.69, 9.17) is 0 Å². The highest BCUT2D eigenvalue weighted by atomic mass is 15.0. The van der Waals surface area contributed by atoms with Gasteiger partial charge in [0.15, 0.2) is 0 Å². The molecule has 0 unspecified atom stereocenters. The first kappa shape index (κ1) is 9.16. The van der Waals surface area contributed by atoms with Crippen LogP contribution in [0.3, 0.4) is 0 Å². The molecule has 1 aromatic carbocycles. The van der Waals surface area contributed by atoms with E-state index in [-0.39, 0.29) is 0 Å². The van der Waals surface area contributed by atoms with E-state index in [1.807, 2.05) is 31.3 Å². The van der Waals surface area contributed by atoms with Gasteiger partial charge in [-0.3, -0.25) is 4.98 Å².